The Balaban J connectivity index is 1.67. The van der Waals surface area contributed by atoms with E-state index in [1.165, 1.54) is 6.92 Å². The maximum Gasteiger partial charge on any atom is 0.450 e. The molecule has 4 fully saturated rings. The molecule has 0 aromatic heterocycles. The molecule has 5 nitrogen and oxygen atoms in total. The highest BCUT2D eigenvalue weighted by Gasteiger charge is 2.62. The van der Waals surface area contributed by atoms with Gasteiger partial charge in [0.2, 0.25) is 5.76 Å². The molecular weight excluding hydrogens is 437 g/mol. The molecule has 0 radical (unpaired) electrons. The lowest BCUT2D eigenvalue weighted by molar-refractivity contribution is -0.163. The second-order valence-corrected chi connectivity index (χ2v) is 11.1. The number of halogens is 3. The monoisotopic (exact) mass is 470 g/mol. The molecule has 0 aromatic rings. The Morgan fingerprint density at radius 1 is 0.939 bits per heavy atom. The van der Waals surface area contributed by atoms with Gasteiger partial charge >= 0.3 is 18.1 Å². The molecule has 0 amide bonds. The van der Waals surface area contributed by atoms with Crippen molar-refractivity contribution in [3.63, 3.8) is 0 Å². The van der Waals surface area contributed by atoms with Gasteiger partial charge in [0, 0.05) is 31.3 Å². The number of hydrogen-bond donors (Lipinski definition) is 0. The number of alkyl halides is 3. The van der Waals surface area contributed by atoms with Crippen molar-refractivity contribution in [1.82, 2.24) is 0 Å². The van der Waals surface area contributed by atoms with Crippen LogP contribution >= 0.6 is 0 Å². The van der Waals surface area contributed by atoms with Crippen molar-refractivity contribution in [2.45, 2.75) is 91.3 Å². The first-order valence-corrected chi connectivity index (χ1v) is 12.0. The van der Waals surface area contributed by atoms with E-state index in [4.69, 9.17) is 4.74 Å². The normalized spacial score (nSPS) is 42.0. The van der Waals surface area contributed by atoms with Crippen molar-refractivity contribution in [2.24, 2.45) is 34.5 Å². The molecule has 0 heterocycles. The van der Waals surface area contributed by atoms with Crippen LogP contribution in [0, 0.1) is 34.5 Å². The van der Waals surface area contributed by atoms with E-state index < -0.39 is 29.1 Å². The second kappa shape index (κ2) is 8.12. The van der Waals surface area contributed by atoms with E-state index in [9.17, 15) is 27.6 Å². The largest absolute Gasteiger partial charge is 0.462 e. The summed E-state index contributed by atoms with van der Waals surface area (Å²) in [6, 6.07) is 0. The summed E-state index contributed by atoms with van der Waals surface area (Å²) in [5.41, 5.74) is -0.966. The first-order chi connectivity index (χ1) is 15.3. The van der Waals surface area contributed by atoms with Crippen molar-refractivity contribution in [3.05, 3.63) is 11.3 Å². The summed E-state index contributed by atoms with van der Waals surface area (Å²) < 4.78 is 51.5. The Morgan fingerprint density at radius 3 is 2.21 bits per heavy atom. The van der Waals surface area contributed by atoms with Crippen molar-refractivity contribution < 1.29 is 37.0 Å². The smallest absolute Gasteiger partial charge is 0.450 e. The van der Waals surface area contributed by atoms with Crippen LogP contribution in [-0.2, 0) is 23.9 Å². The van der Waals surface area contributed by atoms with Gasteiger partial charge in [0.25, 0.3) is 0 Å². The molecule has 4 rings (SSSR count). The van der Waals surface area contributed by atoms with Gasteiger partial charge in [-0.05, 0) is 74.0 Å². The maximum atomic E-state index is 13.8. The number of ketones is 1. The molecule has 4 aliphatic carbocycles. The summed E-state index contributed by atoms with van der Waals surface area (Å²) in [6.45, 7) is 6.58. The first kappa shape index (κ1) is 24.3. The molecule has 7 atom stereocenters. The van der Waals surface area contributed by atoms with E-state index in [-0.39, 0.29) is 47.7 Å². The number of carbonyl (C=O) groups excluding carboxylic acids is 3. The molecule has 0 bridgehead atoms. The quantitative estimate of drug-likeness (QED) is 0.302. The average molecular weight is 471 g/mol. The Morgan fingerprint density at radius 2 is 1.61 bits per heavy atom. The molecule has 184 valence electrons. The van der Waals surface area contributed by atoms with Crippen LogP contribution < -0.4 is 0 Å². The minimum atomic E-state index is -4.90. The molecule has 4 aliphatic rings. The SMILES string of the molecule is CC(=O)OC(=C1CC2(C)C(CCC3C2CCC2(C)C(OC(C)=O)CCC32)CC1=O)C(F)(F)F. The molecule has 0 aliphatic heterocycles. The minimum Gasteiger partial charge on any atom is -0.462 e. The third-order valence-electron chi connectivity index (χ3n) is 9.39. The van der Waals surface area contributed by atoms with Gasteiger partial charge in [-0.3, -0.25) is 14.4 Å². The van der Waals surface area contributed by atoms with Crippen LogP contribution in [0.1, 0.15) is 79.1 Å². The molecule has 4 saturated carbocycles. The van der Waals surface area contributed by atoms with E-state index in [2.05, 4.69) is 11.7 Å². The van der Waals surface area contributed by atoms with Crippen LogP contribution in [0.5, 0.6) is 0 Å². The van der Waals surface area contributed by atoms with Gasteiger partial charge in [-0.15, -0.1) is 0 Å². The zero-order valence-electron chi connectivity index (χ0n) is 19.7. The summed E-state index contributed by atoms with van der Waals surface area (Å²) in [5, 5.41) is 0. The Labute approximate surface area is 192 Å². The summed E-state index contributed by atoms with van der Waals surface area (Å²) >= 11 is 0. The van der Waals surface area contributed by atoms with Gasteiger partial charge < -0.3 is 9.47 Å². The topological polar surface area (TPSA) is 69.7 Å². The average Bonchev–Trinajstić information content (AvgIpc) is 3.01. The number of Topliss-reactive ketones (excluding diaryl/α,β-unsaturated/α-hetero) is 1. The third kappa shape index (κ3) is 4.01. The van der Waals surface area contributed by atoms with Crippen LogP contribution in [0.2, 0.25) is 0 Å². The lowest BCUT2D eigenvalue weighted by atomic mass is 9.44. The van der Waals surface area contributed by atoms with Gasteiger partial charge in [-0.1, -0.05) is 13.8 Å². The Bertz CT molecular complexity index is 893. The number of fused-ring (bicyclic) bond motifs is 5. The highest BCUT2D eigenvalue weighted by molar-refractivity contribution is 5.97. The number of ether oxygens (including phenoxy) is 2. The lowest BCUT2D eigenvalue weighted by Crippen LogP contribution is -2.55. The van der Waals surface area contributed by atoms with Crippen LogP contribution in [0.4, 0.5) is 13.2 Å². The zero-order chi connectivity index (χ0) is 24.3. The number of hydrogen-bond acceptors (Lipinski definition) is 5. The standard InChI is InChI=1S/C25H33F3O5/c1-13(29)32-21-8-7-18-16-6-5-15-11-20(31)17(22(25(26,27)28)33-14(2)30)12-24(15,4)19(16)9-10-23(18,21)3/h15-16,18-19,21H,5-12H2,1-4H3. The molecular formula is C25H33F3O5. The van der Waals surface area contributed by atoms with E-state index in [0.29, 0.717) is 11.8 Å². The fourth-order valence-electron chi connectivity index (χ4n) is 7.96. The summed E-state index contributed by atoms with van der Waals surface area (Å²) in [4.78, 5) is 35.8. The Kier molecular flexibility index (Phi) is 5.97. The summed E-state index contributed by atoms with van der Waals surface area (Å²) in [5.74, 6) is -2.46. The van der Waals surface area contributed by atoms with Gasteiger partial charge in [0.1, 0.15) is 6.10 Å². The van der Waals surface area contributed by atoms with Gasteiger partial charge in [0.05, 0.1) is 0 Å². The lowest BCUT2D eigenvalue weighted by Gasteiger charge is -2.60. The molecule has 0 spiro atoms. The highest BCUT2D eigenvalue weighted by atomic mass is 19.4. The van der Waals surface area contributed by atoms with E-state index in [1.807, 2.05) is 6.92 Å². The molecule has 0 N–H and O–H groups in total. The van der Waals surface area contributed by atoms with E-state index >= 15 is 0 Å². The number of allylic oxidation sites excluding steroid dienone is 2. The predicted molar refractivity (Wildman–Crippen MR) is 113 cm³/mol. The van der Waals surface area contributed by atoms with Crippen LogP contribution in [0.15, 0.2) is 11.3 Å². The van der Waals surface area contributed by atoms with Crippen LogP contribution in [0.25, 0.3) is 0 Å². The minimum absolute atomic E-state index is 0.0173. The van der Waals surface area contributed by atoms with Gasteiger partial charge in [0.15, 0.2) is 5.78 Å². The zero-order valence-corrected chi connectivity index (χ0v) is 19.7. The van der Waals surface area contributed by atoms with Gasteiger partial charge in [-0.2, -0.15) is 13.2 Å². The molecule has 0 saturated heterocycles. The van der Waals surface area contributed by atoms with Gasteiger partial charge in [-0.25, -0.2) is 0 Å². The number of esters is 2. The fraction of sp³-hybridized carbons (Fsp3) is 0.800. The fourth-order valence-corrected chi connectivity index (χ4v) is 7.96. The van der Waals surface area contributed by atoms with E-state index in [1.54, 1.807) is 0 Å². The summed E-state index contributed by atoms with van der Waals surface area (Å²) in [7, 11) is 0. The van der Waals surface area contributed by atoms with Crippen molar-refractivity contribution in [3.8, 4) is 0 Å². The molecule has 0 aromatic carbocycles. The molecule has 8 heteroatoms. The van der Waals surface area contributed by atoms with Crippen LogP contribution in [0.3, 0.4) is 0 Å². The highest BCUT2D eigenvalue weighted by Crippen LogP contribution is 2.67. The van der Waals surface area contributed by atoms with Crippen molar-refractivity contribution in [1.29, 1.82) is 0 Å². The molecule has 33 heavy (non-hydrogen) atoms. The first-order valence-electron chi connectivity index (χ1n) is 12.0. The number of carbonyl (C=O) groups is 3. The molecule has 7 unspecified atom stereocenters. The Hall–Kier alpha value is -1.86. The van der Waals surface area contributed by atoms with Crippen molar-refractivity contribution in [2.75, 3.05) is 0 Å². The van der Waals surface area contributed by atoms with Crippen molar-refractivity contribution >= 4 is 17.7 Å². The third-order valence-corrected chi connectivity index (χ3v) is 9.39. The van der Waals surface area contributed by atoms with E-state index in [0.717, 1.165) is 45.4 Å². The number of rotatable bonds is 2. The summed E-state index contributed by atoms with van der Waals surface area (Å²) in [6.07, 6.45) is 0.220. The maximum absolute atomic E-state index is 13.8. The predicted octanol–water partition coefficient (Wildman–Crippen LogP) is 5.52. The second-order valence-electron chi connectivity index (χ2n) is 11.1. The van der Waals surface area contributed by atoms with Crippen LogP contribution in [-0.4, -0.2) is 30.0 Å².